The fraction of sp³-hybridized carbons (Fsp3) is 0.143. The molecule has 0 aliphatic rings. The smallest absolute Gasteiger partial charge is 0.339 e. The highest BCUT2D eigenvalue weighted by Gasteiger charge is 2.22. The fourth-order valence-electron chi connectivity index (χ4n) is 1.67. The Bertz CT molecular complexity index is 929. The van der Waals surface area contributed by atoms with Crippen molar-refractivity contribution in [1.29, 1.82) is 0 Å². The van der Waals surface area contributed by atoms with E-state index in [-0.39, 0.29) is 20.5 Å². The Hall–Kier alpha value is -2.01. The number of ether oxygens (including phenoxy) is 1. The van der Waals surface area contributed by atoms with Crippen molar-refractivity contribution in [1.82, 2.24) is 0 Å². The van der Waals surface area contributed by atoms with Crippen molar-refractivity contribution < 1.29 is 27.1 Å². The minimum absolute atomic E-state index is 0.0431. The molecule has 3 N–H and O–H groups in total. The first-order valence-electron chi connectivity index (χ1n) is 6.66. The Labute approximate surface area is 151 Å². The van der Waals surface area contributed by atoms with Crippen LogP contribution >= 0.6 is 22.9 Å². The molecule has 25 heavy (non-hydrogen) atoms. The highest BCUT2D eigenvalue weighted by atomic mass is 35.5. The van der Waals surface area contributed by atoms with Gasteiger partial charge in [0.25, 0.3) is 5.91 Å². The number of hydrogen-bond acceptors (Lipinski definition) is 6. The maximum absolute atomic E-state index is 13.1. The van der Waals surface area contributed by atoms with Crippen LogP contribution in [0.1, 0.15) is 17.3 Å². The second-order valence-corrected chi connectivity index (χ2v) is 7.97. The van der Waals surface area contributed by atoms with Crippen molar-refractivity contribution in [3.8, 4) is 0 Å². The normalized spacial score (nSPS) is 12.5. The molecule has 0 unspecified atom stereocenters. The van der Waals surface area contributed by atoms with Gasteiger partial charge < -0.3 is 10.1 Å². The van der Waals surface area contributed by atoms with Crippen molar-refractivity contribution in [2.75, 3.05) is 5.32 Å². The van der Waals surface area contributed by atoms with Crippen LogP contribution in [0.15, 0.2) is 33.9 Å². The molecule has 1 amide bonds. The molecule has 1 aromatic carbocycles. The Balaban J connectivity index is 2.01. The van der Waals surface area contributed by atoms with Gasteiger partial charge >= 0.3 is 5.97 Å². The van der Waals surface area contributed by atoms with E-state index in [4.69, 9.17) is 21.5 Å². The van der Waals surface area contributed by atoms with Gasteiger partial charge in [0.05, 0.1) is 10.6 Å². The lowest BCUT2D eigenvalue weighted by atomic mass is 10.3. The number of nitrogens with one attached hydrogen (secondary N) is 1. The number of nitrogens with two attached hydrogens (primary N) is 1. The maximum Gasteiger partial charge on any atom is 0.339 e. The summed E-state index contributed by atoms with van der Waals surface area (Å²) in [5, 5.41) is 8.46. The Kier molecular flexibility index (Phi) is 5.78. The van der Waals surface area contributed by atoms with E-state index in [9.17, 15) is 22.4 Å². The molecule has 0 aliphatic heterocycles. The van der Waals surface area contributed by atoms with E-state index >= 15 is 0 Å². The van der Waals surface area contributed by atoms with Gasteiger partial charge in [-0.25, -0.2) is 22.7 Å². The summed E-state index contributed by atoms with van der Waals surface area (Å²) in [6, 6.07) is 4.65. The molecule has 2 aromatic rings. The number of halogens is 2. The number of thiophene rings is 1. The lowest BCUT2D eigenvalue weighted by Gasteiger charge is -2.13. The summed E-state index contributed by atoms with van der Waals surface area (Å²) >= 11 is 6.37. The van der Waals surface area contributed by atoms with Crippen molar-refractivity contribution in [3.63, 3.8) is 0 Å². The van der Waals surface area contributed by atoms with Crippen LogP contribution in [0.5, 0.6) is 0 Å². The topological polar surface area (TPSA) is 116 Å². The van der Waals surface area contributed by atoms with E-state index in [1.165, 1.54) is 24.4 Å². The molecular weight excluding hydrogens is 395 g/mol. The van der Waals surface area contributed by atoms with E-state index in [0.29, 0.717) is 0 Å². The summed E-state index contributed by atoms with van der Waals surface area (Å²) in [6.45, 7) is 1.32. The quantitative estimate of drug-likeness (QED) is 0.739. The molecule has 1 heterocycles. The monoisotopic (exact) mass is 406 g/mol. The van der Waals surface area contributed by atoms with Gasteiger partial charge in [0.15, 0.2) is 6.10 Å². The van der Waals surface area contributed by atoms with Gasteiger partial charge in [-0.1, -0.05) is 11.6 Å². The summed E-state index contributed by atoms with van der Waals surface area (Å²) in [5.41, 5.74) is 0.185. The molecule has 2 rings (SSSR count). The van der Waals surface area contributed by atoms with Crippen LogP contribution in [0.4, 0.5) is 10.1 Å². The van der Waals surface area contributed by atoms with E-state index in [1.807, 2.05) is 0 Å². The molecule has 1 aromatic heterocycles. The Morgan fingerprint density at radius 2 is 2.04 bits per heavy atom. The number of rotatable bonds is 5. The number of sulfonamides is 1. The first-order valence-corrected chi connectivity index (χ1v) is 9.46. The molecule has 1 atom stereocenters. The predicted molar refractivity (Wildman–Crippen MR) is 90.6 cm³/mol. The second kappa shape index (κ2) is 7.48. The number of hydrogen-bond donors (Lipinski definition) is 2. The minimum Gasteiger partial charge on any atom is -0.449 e. The van der Waals surface area contributed by atoms with Gasteiger partial charge in [0.2, 0.25) is 10.0 Å². The Morgan fingerprint density at radius 3 is 2.60 bits per heavy atom. The third-order valence-electron chi connectivity index (χ3n) is 2.93. The Morgan fingerprint density at radius 1 is 1.36 bits per heavy atom. The van der Waals surface area contributed by atoms with Gasteiger partial charge in [0, 0.05) is 11.1 Å². The van der Waals surface area contributed by atoms with E-state index < -0.39 is 33.8 Å². The molecule has 0 radical (unpaired) electrons. The van der Waals surface area contributed by atoms with E-state index in [1.54, 1.807) is 0 Å². The molecular formula is C14H12ClFN2O5S2. The maximum atomic E-state index is 13.1. The van der Waals surface area contributed by atoms with E-state index in [0.717, 1.165) is 23.5 Å². The second-order valence-electron chi connectivity index (χ2n) is 4.87. The largest absolute Gasteiger partial charge is 0.449 e. The number of carbonyl (C=O) groups excluding carboxylic acids is 2. The van der Waals surface area contributed by atoms with E-state index in [2.05, 4.69) is 5.32 Å². The molecule has 0 bridgehead atoms. The van der Waals surface area contributed by atoms with Gasteiger partial charge in [-0.05, 0) is 31.2 Å². The summed E-state index contributed by atoms with van der Waals surface area (Å²) in [4.78, 5) is 24.0. The average Bonchev–Trinajstić information content (AvgIpc) is 3.01. The number of benzene rings is 1. The molecule has 0 fully saturated rings. The average molecular weight is 407 g/mol. The van der Waals surface area contributed by atoms with Crippen LogP contribution in [0, 0.1) is 5.82 Å². The SMILES string of the molecule is C[C@H](OC(=O)c1csc(S(N)(=O)=O)c1)C(=O)Nc1ccc(F)c(Cl)c1. The summed E-state index contributed by atoms with van der Waals surface area (Å²) in [6.07, 6.45) is -1.19. The van der Waals surface area contributed by atoms with Gasteiger partial charge in [-0.2, -0.15) is 0 Å². The number of esters is 1. The lowest BCUT2D eigenvalue weighted by Crippen LogP contribution is -2.29. The highest BCUT2D eigenvalue weighted by Crippen LogP contribution is 2.21. The summed E-state index contributed by atoms with van der Waals surface area (Å²) in [5.74, 6) is -2.19. The lowest BCUT2D eigenvalue weighted by molar-refractivity contribution is -0.123. The highest BCUT2D eigenvalue weighted by molar-refractivity contribution is 7.91. The third-order valence-corrected chi connectivity index (χ3v) is 5.61. The molecule has 134 valence electrons. The number of carbonyl (C=O) groups is 2. The van der Waals surface area contributed by atoms with Crippen LogP contribution in [-0.2, 0) is 19.6 Å². The molecule has 0 saturated heterocycles. The molecule has 7 nitrogen and oxygen atoms in total. The van der Waals surface area contributed by atoms with Crippen LogP contribution < -0.4 is 10.5 Å². The zero-order valence-corrected chi connectivity index (χ0v) is 15.0. The molecule has 0 aliphatic carbocycles. The third kappa shape index (κ3) is 4.98. The molecule has 0 spiro atoms. The van der Waals surface area contributed by atoms with Crippen molar-refractivity contribution in [2.45, 2.75) is 17.2 Å². The van der Waals surface area contributed by atoms with Crippen molar-refractivity contribution in [3.05, 3.63) is 46.0 Å². The number of primary sulfonamides is 1. The zero-order valence-electron chi connectivity index (χ0n) is 12.7. The first-order chi connectivity index (χ1) is 11.6. The van der Waals surface area contributed by atoms with Crippen LogP contribution in [-0.4, -0.2) is 26.4 Å². The summed E-state index contributed by atoms with van der Waals surface area (Å²) in [7, 11) is -3.92. The predicted octanol–water partition coefficient (Wildman–Crippen LogP) is 2.37. The van der Waals surface area contributed by atoms with Gasteiger partial charge in [-0.15, -0.1) is 11.3 Å². The van der Waals surface area contributed by atoms with Crippen LogP contribution in [0.3, 0.4) is 0 Å². The minimum atomic E-state index is -3.92. The number of amides is 1. The van der Waals surface area contributed by atoms with Crippen LogP contribution in [0.25, 0.3) is 0 Å². The zero-order chi connectivity index (χ0) is 18.8. The summed E-state index contributed by atoms with van der Waals surface area (Å²) < 4.78 is 40.2. The fourth-order valence-corrected chi connectivity index (χ4v) is 3.43. The molecule has 0 saturated carbocycles. The first kappa shape index (κ1) is 19.3. The number of anilines is 1. The van der Waals surface area contributed by atoms with Gasteiger partial charge in [0.1, 0.15) is 10.0 Å². The molecule has 11 heteroatoms. The van der Waals surface area contributed by atoms with Crippen LogP contribution in [0.2, 0.25) is 5.02 Å². The standard InChI is InChI=1S/C14H12ClFN2O5S2/c1-7(13(19)18-9-2-3-11(16)10(15)5-9)23-14(20)8-4-12(24-6-8)25(17,21)22/h2-7H,1H3,(H,18,19)(H2,17,21,22)/t7-/m0/s1. The van der Waals surface area contributed by atoms with Crippen molar-refractivity contribution >= 4 is 50.5 Å². The van der Waals surface area contributed by atoms with Gasteiger partial charge in [-0.3, -0.25) is 4.79 Å². The van der Waals surface area contributed by atoms with Crippen molar-refractivity contribution in [2.24, 2.45) is 5.14 Å².